The zero-order valence-corrected chi connectivity index (χ0v) is 8.44. The second-order valence-corrected chi connectivity index (χ2v) is 2.36. The molecule has 0 aliphatic heterocycles. The largest absolute Gasteiger partial charge is 0.464 e. The summed E-state index contributed by atoms with van der Waals surface area (Å²) in [6.45, 7) is 0. The van der Waals surface area contributed by atoms with Gasteiger partial charge in [0.05, 0.1) is 7.11 Å². The van der Waals surface area contributed by atoms with Crippen LogP contribution in [-0.4, -0.2) is 18.1 Å². The monoisotopic (exact) mass is 279 g/mol. The van der Waals surface area contributed by atoms with Crippen molar-refractivity contribution in [2.45, 2.75) is 0 Å². The fourth-order valence-corrected chi connectivity index (χ4v) is 1.06. The predicted octanol–water partition coefficient (Wildman–Crippen LogP) is 1.60. The first-order valence-corrected chi connectivity index (χ1v) is 3.99. The minimum Gasteiger partial charge on any atom is -0.464 e. The Morgan fingerprint density at radius 3 is 3.00 bits per heavy atom. The lowest BCUT2D eigenvalue weighted by atomic mass is 10.3. The summed E-state index contributed by atoms with van der Waals surface area (Å²) in [5.74, 6) is -0.0905. The van der Waals surface area contributed by atoms with Crippen LogP contribution in [0, 0.1) is 0 Å². The van der Waals surface area contributed by atoms with Crippen molar-refractivity contribution in [3.05, 3.63) is 24.0 Å². The van der Waals surface area contributed by atoms with Crippen molar-refractivity contribution in [2.75, 3.05) is 7.11 Å². The molecule has 0 aliphatic rings. The second-order valence-electron chi connectivity index (χ2n) is 1.92. The number of carbonyl (C=O) groups excluding carboxylic acids is 1. The van der Waals surface area contributed by atoms with Crippen LogP contribution in [0.15, 0.2) is 18.3 Å². The molecule has 64 valence electrons. The minimum absolute atomic E-state index is 0.189. The first kappa shape index (κ1) is 9.24. The van der Waals surface area contributed by atoms with Crippen LogP contribution in [0.4, 0.5) is 0 Å². The zero-order valence-electron chi connectivity index (χ0n) is 6.28. The summed E-state index contributed by atoms with van der Waals surface area (Å²) in [5.41, 5.74) is 0.189. The predicted molar refractivity (Wildman–Crippen MR) is 50.2 cm³/mol. The molecule has 4 nitrogen and oxygen atoms in total. The van der Waals surface area contributed by atoms with Gasteiger partial charge in [0.25, 0.3) is 0 Å². The van der Waals surface area contributed by atoms with Crippen molar-refractivity contribution >= 4 is 29.0 Å². The standard InChI is InChI=1S/C7H6INO3/c1-11-7(10)6-5(12-8)3-2-4-9-6/h2-4H,1H3. The minimum atomic E-state index is -0.498. The first-order chi connectivity index (χ1) is 5.79. The third-order valence-corrected chi connectivity index (χ3v) is 1.71. The molecular weight excluding hydrogens is 273 g/mol. The van der Waals surface area contributed by atoms with Gasteiger partial charge in [0.2, 0.25) is 0 Å². The van der Waals surface area contributed by atoms with Gasteiger partial charge in [-0.1, -0.05) is 0 Å². The van der Waals surface area contributed by atoms with E-state index in [0.29, 0.717) is 5.75 Å². The normalized spacial score (nSPS) is 9.17. The van der Waals surface area contributed by atoms with Crippen molar-refractivity contribution in [1.29, 1.82) is 0 Å². The highest BCUT2D eigenvalue weighted by Crippen LogP contribution is 2.17. The zero-order chi connectivity index (χ0) is 8.97. The highest BCUT2D eigenvalue weighted by atomic mass is 127. The molecule has 0 radical (unpaired) electrons. The average Bonchev–Trinajstić information content (AvgIpc) is 2.16. The van der Waals surface area contributed by atoms with E-state index in [0.717, 1.165) is 0 Å². The molecule has 0 N–H and O–H groups in total. The molecule has 0 amide bonds. The van der Waals surface area contributed by atoms with Gasteiger partial charge in [-0.05, 0) is 12.1 Å². The summed E-state index contributed by atoms with van der Waals surface area (Å²) >= 11 is 1.68. The van der Waals surface area contributed by atoms with Gasteiger partial charge in [0.15, 0.2) is 34.4 Å². The molecule has 1 aromatic heterocycles. The van der Waals surface area contributed by atoms with Gasteiger partial charge in [0.1, 0.15) is 0 Å². The molecule has 0 saturated heterocycles. The number of pyridine rings is 1. The lowest BCUT2D eigenvalue weighted by Gasteiger charge is -2.01. The van der Waals surface area contributed by atoms with Crippen molar-refractivity contribution in [1.82, 2.24) is 4.98 Å². The third kappa shape index (κ3) is 1.84. The van der Waals surface area contributed by atoms with E-state index in [1.54, 1.807) is 35.1 Å². The van der Waals surface area contributed by atoms with E-state index in [9.17, 15) is 4.79 Å². The Balaban J connectivity index is 3.04. The highest BCUT2D eigenvalue weighted by molar-refractivity contribution is 14.1. The smallest absolute Gasteiger partial charge is 0.360 e. The Hall–Kier alpha value is -0.850. The van der Waals surface area contributed by atoms with Gasteiger partial charge in [-0.2, -0.15) is 0 Å². The Morgan fingerprint density at radius 1 is 1.67 bits per heavy atom. The van der Waals surface area contributed by atoms with Gasteiger partial charge < -0.3 is 7.80 Å². The number of aromatic nitrogens is 1. The van der Waals surface area contributed by atoms with E-state index in [2.05, 4.69) is 9.72 Å². The van der Waals surface area contributed by atoms with Crippen LogP contribution in [0.5, 0.6) is 5.75 Å². The molecule has 12 heavy (non-hydrogen) atoms. The molecule has 0 aromatic carbocycles. The topological polar surface area (TPSA) is 48.4 Å². The summed E-state index contributed by atoms with van der Waals surface area (Å²) in [4.78, 5) is 14.8. The number of hydrogen-bond acceptors (Lipinski definition) is 4. The molecule has 0 bridgehead atoms. The third-order valence-electron chi connectivity index (χ3n) is 1.23. The maximum absolute atomic E-state index is 11.0. The number of methoxy groups -OCH3 is 1. The Morgan fingerprint density at radius 2 is 2.42 bits per heavy atom. The number of nitrogens with zero attached hydrogens (tertiary/aromatic N) is 1. The maximum Gasteiger partial charge on any atom is 0.360 e. The summed E-state index contributed by atoms with van der Waals surface area (Å²) in [6, 6.07) is 3.33. The van der Waals surface area contributed by atoms with E-state index >= 15 is 0 Å². The Labute approximate surface area is 83.6 Å². The summed E-state index contributed by atoms with van der Waals surface area (Å²) in [5, 5.41) is 0. The Bertz CT molecular complexity index is 290. The Kier molecular flexibility index (Phi) is 3.27. The van der Waals surface area contributed by atoms with Crippen molar-refractivity contribution in [3.8, 4) is 5.75 Å². The van der Waals surface area contributed by atoms with Crippen molar-refractivity contribution in [2.24, 2.45) is 0 Å². The molecule has 0 spiro atoms. The van der Waals surface area contributed by atoms with Crippen molar-refractivity contribution in [3.63, 3.8) is 0 Å². The van der Waals surface area contributed by atoms with Crippen LogP contribution in [0.1, 0.15) is 10.5 Å². The fraction of sp³-hybridized carbons (Fsp3) is 0.143. The summed E-state index contributed by atoms with van der Waals surface area (Å²) in [7, 11) is 1.30. The molecular formula is C7H6INO3. The van der Waals surface area contributed by atoms with Crippen LogP contribution in [-0.2, 0) is 4.74 Å². The molecule has 1 rings (SSSR count). The molecule has 0 aliphatic carbocycles. The maximum atomic E-state index is 11.0. The molecule has 1 aromatic rings. The molecule has 1 heterocycles. The molecule has 0 fully saturated rings. The number of carbonyl (C=O) groups is 1. The van der Waals surface area contributed by atoms with Crippen LogP contribution in [0.25, 0.3) is 0 Å². The van der Waals surface area contributed by atoms with Gasteiger partial charge in [0, 0.05) is 6.20 Å². The van der Waals surface area contributed by atoms with Crippen LogP contribution in [0.2, 0.25) is 0 Å². The van der Waals surface area contributed by atoms with Gasteiger partial charge in [-0.15, -0.1) is 0 Å². The summed E-state index contributed by atoms with van der Waals surface area (Å²) < 4.78 is 9.37. The number of halogens is 1. The lowest BCUT2D eigenvalue weighted by Crippen LogP contribution is -2.04. The van der Waals surface area contributed by atoms with Crippen LogP contribution < -0.4 is 3.07 Å². The lowest BCUT2D eigenvalue weighted by molar-refractivity contribution is 0.0592. The van der Waals surface area contributed by atoms with Gasteiger partial charge >= 0.3 is 5.97 Å². The van der Waals surface area contributed by atoms with E-state index in [-0.39, 0.29) is 5.69 Å². The van der Waals surface area contributed by atoms with E-state index in [1.165, 1.54) is 13.3 Å². The number of ether oxygens (including phenoxy) is 1. The van der Waals surface area contributed by atoms with E-state index < -0.39 is 5.97 Å². The number of hydrogen-bond donors (Lipinski definition) is 0. The average molecular weight is 279 g/mol. The molecule has 0 atom stereocenters. The fourth-order valence-electron chi connectivity index (χ4n) is 0.703. The summed E-state index contributed by atoms with van der Waals surface area (Å²) in [6.07, 6.45) is 1.51. The molecule has 5 heteroatoms. The second kappa shape index (κ2) is 4.24. The first-order valence-electron chi connectivity index (χ1n) is 3.11. The van der Waals surface area contributed by atoms with Crippen molar-refractivity contribution < 1.29 is 12.6 Å². The molecule has 0 saturated carbocycles. The van der Waals surface area contributed by atoms with E-state index in [1.807, 2.05) is 0 Å². The number of esters is 1. The number of rotatable bonds is 2. The highest BCUT2D eigenvalue weighted by Gasteiger charge is 2.13. The van der Waals surface area contributed by atoms with Gasteiger partial charge in [-0.3, -0.25) is 0 Å². The van der Waals surface area contributed by atoms with Crippen LogP contribution in [0.3, 0.4) is 0 Å². The van der Waals surface area contributed by atoms with Gasteiger partial charge in [-0.25, -0.2) is 9.78 Å². The SMILES string of the molecule is COC(=O)c1ncccc1OI. The van der Waals surface area contributed by atoms with Crippen LogP contribution >= 0.6 is 23.0 Å². The van der Waals surface area contributed by atoms with E-state index in [4.69, 9.17) is 3.07 Å². The molecule has 0 unspecified atom stereocenters. The quantitative estimate of drug-likeness (QED) is 0.609.